The van der Waals surface area contributed by atoms with E-state index in [1.165, 1.54) is 0 Å². The number of Topliss-reactive ketones (excluding diaryl/α,β-unsaturated/α-hetero) is 1. The van der Waals surface area contributed by atoms with Gasteiger partial charge in [-0.15, -0.1) is 11.3 Å². The van der Waals surface area contributed by atoms with Gasteiger partial charge in [0.25, 0.3) is 0 Å². The van der Waals surface area contributed by atoms with Crippen LogP contribution in [0.15, 0.2) is 30.3 Å². The van der Waals surface area contributed by atoms with Crippen molar-refractivity contribution in [2.24, 2.45) is 0 Å². The summed E-state index contributed by atoms with van der Waals surface area (Å²) in [5, 5.41) is 7.41. The summed E-state index contributed by atoms with van der Waals surface area (Å²) in [6.45, 7) is 3.54. The number of aryl methyl sites for hydroxylation is 2. The van der Waals surface area contributed by atoms with E-state index in [-0.39, 0.29) is 18.1 Å². The van der Waals surface area contributed by atoms with Crippen LogP contribution in [-0.4, -0.2) is 28.6 Å². The fourth-order valence-electron chi connectivity index (χ4n) is 2.30. The van der Waals surface area contributed by atoms with E-state index in [1.807, 2.05) is 38.1 Å². The van der Waals surface area contributed by atoms with Gasteiger partial charge >= 0.3 is 5.97 Å². The number of H-pyrrole nitrogens is 1. The lowest BCUT2D eigenvalue weighted by atomic mass is 10.2. The maximum Gasteiger partial charge on any atom is 0.359 e. The van der Waals surface area contributed by atoms with Crippen LogP contribution in [0, 0.1) is 13.8 Å². The standard InChI is InChI=1S/C16H14N2O3S/c1-9-7-12(10(2)22-9)14(19)8-21-16(20)15-11-5-3-4-6-13(11)17-18-15/h3-7H,8H2,1-2H3,(H,17,18). The Morgan fingerprint density at radius 2 is 2.05 bits per heavy atom. The second-order valence-electron chi connectivity index (χ2n) is 4.94. The lowest BCUT2D eigenvalue weighted by Gasteiger charge is -2.02. The summed E-state index contributed by atoms with van der Waals surface area (Å²) in [6.07, 6.45) is 0. The number of hydrogen-bond acceptors (Lipinski definition) is 5. The number of fused-ring (bicyclic) bond motifs is 1. The highest BCUT2D eigenvalue weighted by Gasteiger charge is 2.18. The number of hydrogen-bond donors (Lipinski definition) is 1. The van der Waals surface area contributed by atoms with Crippen LogP contribution in [0.3, 0.4) is 0 Å². The van der Waals surface area contributed by atoms with Gasteiger partial charge in [0.05, 0.1) is 5.52 Å². The Labute approximate surface area is 130 Å². The zero-order chi connectivity index (χ0) is 15.7. The molecule has 0 aliphatic rings. The number of aromatic amines is 1. The van der Waals surface area contributed by atoms with E-state index in [1.54, 1.807) is 17.4 Å². The molecule has 0 amide bonds. The topological polar surface area (TPSA) is 72.1 Å². The number of benzene rings is 1. The molecule has 0 spiro atoms. The van der Waals surface area contributed by atoms with Gasteiger partial charge in [0.1, 0.15) is 0 Å². The summed E-state index contributed by atoms with van der Waals surface area (Å²) >= 11 is 1.55. The average Bonchev–Trinajstić information content (AvgIpc) is 3.07. The van der Waals surface area contributed by atoms with E-state index in [9.17, 15) is 9.59 Å². The molecule has 0 radical (unpaired) electrons. The summed E-state index contributed by atoms with van der Waals surface area (Å²) in [5.41, 5.74) is 1.56. The molecule has 0 aliphatic carbocycles. The van der Waals surface area contributed by atoms with Gasteiger partial charge < -0.3 is 4.74 Å². The van der Waals surface area contributed by atoms with Crippen LogP contribution in [0.1, 0.15) is 30.6 Å². The van der Waals surface area contributed by atoms with Crippen LogP contribution in [0.2, 0.25) is 0 Å². The van der Waals surface area contributed by atoms with E-state index in [0.717, 1.165) is 15.3 Å². The first-order valence-corrected chi connectivity index (χ1v) is 7.58. The molecule has 22 heavy (non-hydrogen) atoms. The summed E-state index contributed by atoms with van der Waals surface area (Å²) in [5.74, 6) is -0.801. The van der Waals surface area contributed by atoms with Gasteiger partial charge in [0, 0.05) is 20.7 Å². The first kappa shape index (κ1) is 14.5. The molecule has 0 bridgehead atoms. The highest BCUT2D eigenvalue weighted by atomic mass is 32.1. The van der Waals surface area contributed by atoms with Gasteiger partial charge in [-0.2, -0.15) is 5.10 Å². The van der Waals surface area contributed by atoms with Crippen molar-refractivity contribution in [2.75, 3.05) is 6.61 Å². The molecule has 2 aromatic heterocycles. The van der Waals surface area contributed by atoms with Crippen LogP contribution in [0.4, 0.5) is 0 Å². The average molecular weight is 314 g/mol. The van der Waals surface area contributed by atoms with Gasteiger partial charge in [-0.05, 0) is 26.0 Å². The number of ketones is 1. The van der Waals surface area contributed by atoms with Gasteiger partial charge in [0.2, 0.25) is 5.78 Å². The number of thiophene rings is 1. The largest absolute Gasteiger partial charge is 0.452 e. The molecular weight excluding hydrogens is 300 g/mol. The number of rotatable bonds is 4. The molecule has 2 heterocycles. The summed E-state index contributed by atoms with van der Waals surface area (Å²) < 4.78 is 5.11. The van der Waals surface area contributed by atoms with E-state index >= 15 is 0 Å². The number of ether oxygens (including phenoxy) is 1. The minimum Gasteiger partial charge on any atom is -0.452 e. The molecule has 0 atom stereocenters. The highest BCUT2D eigenvalue weighted by Crippen LogP contribution is 2.21. The number of aromatic nitrogens is 2. The quantitative estimate of drug-likeness (QED) is 0.592. The first-order chi connectivity index (χ1) is 10.6. The Bertz CT molecular complexity index is 863. The van der Waals surface area contributed by atoms with Crippen molar-refractivity contribution in [1.82, 2.24) is 10.2 Å². The molecule has 112 valence electrons. The number of esters is 1. The molecule has 0 fully saturated rings. The third-order valence-electron chi connectivity index (χ3n) is 3.34. The van der Waals surface area contributed by atoms with Crippen molar-refractivity contribution in [1.29, 1.82) is 0 Å². The second-order valence-corrected chi connectivity index (χ2v) is 6.40. The molecular formula is C16H14N2O3S. The Morgan fingerprint density at radius 1 is 1.27 bits per heavy atom. The van der Waals surface area contributed by atoms with Crippen LogP contribution >= 0.6 is 11.3 Å². The normalized spacial score (nSPS) is 10.8. The fourth-order valence-corrected chi connectivity index (χ4v) is 3.25. The Balaban J connectivity index is 1.72. The minimum absolute atomic E-state index is 0.196. The molecule has 1 aromatic carbocycles. The summed E-state index contributed by atoms with van der Waals surface area (Å²) in [4.78, 5) is 26.2. The van der Waals surface area contributed by atoms with Crippen molar-refractivity contribution in [3.8, 4) is 0 Å². The van der Waals surface area contributed by atoms with Crippen molar-refractivity contribution in [2.45, 2.75) is 13.8 Å². The van der Waals surface area contributed by atoms with Crippen molar-refractivity contribution in [3.63, 3.8) is 0 Å². The molecule has 0 saturated heterocycles. The third-order valence-corrected chi connectivity index (χ3v) is 4.31. The Kier molecular flexibility index (Phi) is 3.77. The minimum atomic E-state index is -0.601. The van der Waals surface area contributed by atoms with Gasteiger partial charge in [-0.1, -0.05) is 18.2 Å². The fraction of sp³-hybridized carbons (Fsp3) is 0.188. The molecule has 0 saturated carbocycles. The number of carbonyl (C=O) groups excluding carboxylic acids is 2. The number of para-hydroxylation sites is 1. The lowest BCUT2D eigenvalue weighted by Crippen LogP contribution is -2.15. The summed E-state index contributed by atoms with van der Waals surface area (Å²) in [6, 6.07) is 9.09. The zero-order valence-electron chi connectivity index (χ0n) is 12.2. The predicted octanol–water partition coefficient (Wildman–Crippen LogP) is 3.28. The molecule has 3 rings (SSSR count). The number of nitrogens with one attached hydrogen (secondary N) is 1. The van der Waals surface area contributed by atoms with Crippen LogP contribution < -0.4 is 0 Å². The smallest absolute Gasteiger partial charge is 0.359 e. The Hall–Kier alpha value is -2.47. The Morgan fingerprint density at radius 3 is 2.77 bits per heavy atom. The molecule has 0 unspecified atom stereocenters. The molecule has 6 heteroatoms. The highest BCUT2D eigenvalue weighted by molar-refractivity contribution is 7.12. The van der Waals surface area contributed by atoms with Crippen molar-refractivity contribution in [3.05, 3.63) is 51.3 Å². The molecule has 0 aliphatic heterocycles. The first-order valence-electron chi connectivity index (χ1n) is 6.76. The van der Waals surface area contributed by atoms with Gasteiger partial charge in [0.15, 0.2) is 12.3 Å². The monoisotopic (exact) mass is 314 g/mol. The van der Waals surface area contributed by atoms with E-state index in [2.05, 4.69) is 10.2 Å². The van der Waals surface area contributed by atoms with Gasteiger partial charge in [-0.3, -0.25) is 9.89 Å². The van der Waals surface area contributed by atoms with Crippen LogP contribution in [0.25, 0.3) is 10.9 Å². The summed E-state index contributed by atoms with van der Waals surface area (Å²) in [7, 11) is 0. The second kappa shape index (κ2) is 5.73. The lowest BCUT2D eigenvalue weighted by molar-refractivity contribution is 0.0470. The number of nitrogens with zero attached hydrogens (tertiary/aromatic N) is 1. The molecule has 5 nitrogen and oxygen atoms in total. The molecule has 3 aromatic rings. The van der Waals surface area contributed by atoms with Crippen molar-refractivity contribution >= 4 is 34.0 Å². The van der Waals surface area contributed by atoms with Crippen LogP contribution in [-0.2, 0) is 4.74 Å². The van der Waals surface area contributed by atoms with Crippen LogP contribution in [0.5, 0.6) is 0 Å². The third kappa shape index (κ3) is 2.65. The van der Waals surface area contributed by atoms with E-state index in [4.69, 9.17) is 4.74 Å². The van der Waals surface area contributed by atoms with E-state index < -0.39 is 5.97 Å². The SMILES string of the molecule is Cc1cc(C(=O)COC(=O)c2n[nH]c3ccccc23)c(C)s1. The zero-order valence-corrected chi connectivity index (χ0v) is 13.0. The molecule has 1 N–H and O–H groups in total. The predicted molar refractivity (Wildman–Crippen MR) is 84.5 cm³/mol. The van der Waals surface area contributed by atoms with Crippen molar-refractivity contribution < 1.29 is 14.3 Å². The maximum atomic E-state index is 12.1. The van der Waals surface area contributed by atoms with Gasteiger partial charge in [-0.25, -0.2) is 4.79 Å². The number of carbonyl (C=O) groups is 2. The maximum absolute atomic E-state index is 12.1. The van der Waals surface area contributed by atoms with E-state index in [0.29, 0.717) is 10.9 Å².